The molecule has 1 aromatic heterocycles. The van der Waals surface area contributed by atoms with Gasteiger partial charge in [0.1, 0.15) is 11.7 Å². The van der Waals surface area contributed by atoms with E-state index in [1.54, 1.807) is 6.07 Å². The topological polar surface area (TPSA) is 123 Å². The molecule has 2 heterocycles. The summed E-state index contributed by atoms with van der Waals surface area (Å²) in [5.74, 6) is -2.47. The summed E-state index contributed by atoms with van der Waals surface area (Å²) in [5, 5.41) is 7.24. The van der Waals surface area contributed by atoms with Crippen LogP contribution < -0.4 is 16.1 Å². The van der Waals surface area contributed by atoms with Gasteiger partial charge in [-0.1, -0.05) is 50.3 Å². The first-order valence-corrected chi connectivity index (χ1v) is 12.3. The van der Waals surface area contributed by atoms with Crippen molar-refractivity contribution in [1.29, 1.82) is 0 Å². The second kappa shape index (κ2) is 11.3. The summed E-state index contributed by atoms with van der Waals surface area (Å²) in [6.07, 6.45) is 6.11. The van der Waals surface area contributed by atoms with E-state index in [0.717, 1.165) is 48.0 Å². The zero-order valence-corrected chi connectivity index (χ0v) is 19.6. The summed E-state index contributed by atoms with van der Waals surface area (Å²) in [7, 11) is 0. The van der Waals surface area contributed by atoms with E-state index in [2.05, 4.69) is 21.0 Å². The van der Waals surface area contributed by atoms with Gasteiger partial charge in [0.05, 0.1) is 12.5 Å². The van der Waals surface area contributed by atoms with E-state index >= 15 is 0 Å². The summed E-state index contributed by atoms with van der Waals surface area (Å²) < 4.78 is 13.2. The Labute approximate surface area is 203 Å². The van der Waals surface area contributed by atoms with Gasteiger partial charge >= 0.3 is 0 Å². The number of hydrogen-bond donors (Lipinski definition) is 4. The van der Waals surface area contributed by atoms with Gasteiger partial charge in [-0.3, -0.25) is 29.6 Å². The van der Waals surface area contributed by atoms with Crippen LogP contribution in [0.1, 0.15) is 55.4 Å². The van der Waals surface area contributed by atoms with Gasteiger partial charge in [0.25, 0.3) is 17.7 Å². The molecule has 0 unspecified atom stereocenters. The lowest BCUT2D eigenvalue weighted by molar-refractivity contribution is -0.144. The zero-order valence-electron chi connectivity index (χ0n) is 19.6. The molecule has 188 valence electrons. The molecule has 2 aliphatic rings. The molecule has 9 nitrogen and oxygen atoms in total. The second-order valence-corrected chi connectivity index (χ2v) is 9.43. The third-order valence-electron chi connectivity index (χ3n) is 6.92. The van der Waals surface area contributed by atoms with Gasteiger partial charge < -0.3 is 15.6 Å². The maximum Gasteiger partial charge on any atom is 0.272 e. The second-order valence-electron chi connectivity index (χ2n) is 9.43. The molecule has 4 amide bonds. The minimum Gasteiger partial charge on any atom is -0.356 e. The van der Waals surface area contributed by atoms with E-state index < -0.39 is 36.4 Å². The molecule has 4 rings (SSSR count). The third kappa shape index (κ3) is 6.17. The fourth-order valence-corrected chi connectivity index (χ4v) is 4.95. The molecule has 1 aromatic carbocycles. The van der Waals surface area contributed by atoms with Gasteiger partial charge in [-0.05, 0) is 30.9 Å². The number of amides is 4. The average Bonchev–Trinajstić information content (AvgIpc) is 3.49. The van der Waals surface area contributed by atoms with Crippen molar-refractivity contribution >= 4 is 34.5 Å². The molecule has 1 saturated carbocycles. The normalized spacial score (nSPS) is 19.2. The Morgan fingerprint density at radius 1 is 1.11 bits per heavy atom. The average molecular weight is 486 g/mol. The van der Waals surface area contributed by atoms with Crippen LogP contribution in [0.25, 0.3) is 10.9 Å². The van der Waals surface area contributed by atoms with Crippen LogP contribution in [0, 0.1) is 11.8 Å². The van der Waals surface area contributed by atoms with Crippen LogP contribution in [-0.2, 0) is 14.4 Å². The molecule has 35 heavy (non-hydrogen) atoms. The summed E-state index contributed by atoms with van der Waals surface area (Å²) in [5.41, 5.74) is 3.62. The fourth-order valence-electron chi connectivity index (χ4n) is 4.95. The number of carbonyl (C=O) groups excluding carboxylic acids is 4. The Balaban J connectivity index is 1.49. The molecule has 0 spiro atoms. The van der Waals surface area contributed by atoms with Crippen LogP contribution in [0.3, 0.4) is 0 Å². The number of aromatic amines is 1. The zero-order chi connectivity index (χ0) is 24.8. The summed E-state index contributed by atoms with van der Waals surface area (Å²) in [6.45, 7) is -0.949. The number of carbonyl (C=O) groups is 4. The minimum absolute atomic E-state index is 0.119. The smallest absolute Gasteiger partial charge is 0.272 e. The number of para-hydroxylation sites is 1. The van der Waals surface area contributed by atoms with E-state index in [0.29, 0.717) is 25.1 Å². The Kier molecular flexibility index (Phi) is 7.99. The van der Waals surface area contributed by atoms with Gasteiger partial charge in [0.2, 0.25) is 5.91 Å². The van der Waals surface area contributed by atoms with Crippen LogP contribution in [0.15, 0.2) is 30.3 Å². The number of nitrogens with zero attached hydrogens (tertiary/aromatic N) is 1. The number of hydrazine groups is 1. The van der Waals surface area contributed by atoms with Gasteiger partial charge in [-0.2, -0.15) is 0 Å². The third-order valence-corrected chi connectivity index (χ3v) is 6.92. The van der Waals surface area contributed by atoms with Crippen LogP contribution >= 0.6 is 0 Å². The first-order chi connectivity index (χ1) is 16.9. The van der Waals surface area contributed by atoms with E-state index in [1.807, 2.05) is 24.3 Å². The molecule has 1 aliphatic carbocycles. The number of hydrogen-bond acceptors (Lipinski definition) is 4. The Bertz CT molecular complexity index is 1050. The number of nitrogens with one attached hydrogen (secondary N) is 4. The quantitative estimate of drug-likeness (QED) is 0.428. The molecule has 1 saturated heterocycles. The molecule has 10 heteroatoms. The largest absolute Gasteiger partial charge is 0.356 e. The predicted molar refractivity (Wildman–Crippen MR) is 128 cm³/mol. The van der Waals surface area contributed by atoms with Crippen LogP contribution in [0.5, 0.6) is 0 Å². The van der Waals surface area contributed by atoms with Gasteiger partial charge in [0.15, 0.2) is 6.67 Å². The Hall–Kier alpha value is -3.43. The van der Waals surface area contributed by atoms with Crippen molar-refractivity contribution in [1.82, 2.24) is 26.1 Å². The molecule has 1 aliphatic heterocycles. The number of H-pyrrole nitrogens is 1. The van der Waals surface area contributed by atoms with E-state index in [-0.39, 0.29) is 18.4 Å². The highest BCUT2D eigenvalue weighted by atomic mass is 19.1. The molecule has 0 radical (unpaired) electrons. The number of benzene rings is 1. The maximum absolute atomic E-state index is 13.3. The van der Waals surface area contributed by atoms with Crippen LogP contribution in [-0.4, -0.2) is 59.4 Å². The maximum atomic E-state index is 13.3. The van der Waals surface area contributed by atoms with Crippen molar-refractivity contribution < 1.29 is 23.6 Å². The number of aromatic nitrogens is 1. The summed E-state index contributed by atoms with van der Waals surface area (Å²) >= 11 is 0. The van der Waals surface area contributed by atoms with E-state index in [9.17, 15) is 23.6 Å². The van der Waals surface area contributed by atoms with Crippen molar-refractivity contribution in [2.75, 3.05) is 19.8 Å². The van der Waals surface area contributed by atoms with Gasteiger partial charge in [0, 0.05) is 17.4 Å². The highest BCUT2D eigenvalue weighted by Gasteiger charge is 2.32. The van der Waals surface area contributed by atoms with Crippen molar-refractivity contribution in [3.05, 3.63) is 36.0 Å². The van der Waals surface area contributed by atoms with Crippen molar-refractivity contribution in [3.8, 4) is 0 Å². The van der Waals surface area contributed by atoms with E-state index in [4.69, 9.17) is 0 Å². The first kappa shape index (κ1) is 24.7. The highest BCUT2D eigenvalue weighted by molar-refractivity contribution is 6.00. The first-order valence-electron chi connectivity index (χ1n) is 12.3. The van der Waals surface area contributed by atoms with Crippen LogP contribution in [0.2, 0.25) is 0 Å². The predicted octanol–water partition coefficient (Wildman–Crippen LogP) is 2.20. The number of alkyl halides is 1. The van der Waals surface area contributed by atoms with Crippen molar-refractivity contribution in [3.63, 3.8) is 0 Å². The molecule has 2 aromatic rings. The van der Waals surface area contributed by atoms with Crippen molar-refractivity contribution in [2.24, 2.45) is 11.8 Å². The molecular weight excluding hydrogens is 453 g/mol. The highest BCUT2D eigenvalue weighted by Crippen LogP contribution is 2.27. The SMILES string of the molecule is O=C(N[C@@H](CC1CCCCC1)C(=O)NN(C[C@H]1CCNC1=O)C(=O)CF)c1cc2ccccc2[nH]1. The number of halogens is 1. The Morgan fingerprint density at radius 2 is 1.89 bits per heavy atom. The molecule has 0 bridgehead atoms. The lowest BCUT2D eigenvalue weighted by atomic mass is 9.84. The van der Waals surface area contributed by atoms with Gasteiger partial charge in [-0.15, -0.1) is 0 Å². The molecule has 2 atom stereocenters. The summed E-state index contributed by atoms with van der Waals surface area (Å²) in [4.78, 5) is 53.6. The minimum atomic E-state index is -1.30. The monoisotopic (exact) mass is 485 g/mol. The summed E-state index contributed by atoms with van der Waals surface area (Å²) in [6, 6.07) is 8.29. The van der Waals surface area contributed by atoms with Crippen molar-refractivity contribution in [2.45, 2.75) is 51.0 Å². The Morgan fingerprint density at radius 3 is 2.57 bits per heavy atom. The molecule has 4 N–H and O–H groups in total. The number of rotatable bonds is 8. The van der Waals surface area contributed by atoms with Gasteiger partial charge in [-0.25, -0.2) is 4.39 Å². The molecular formula is C25H32FN5O4. The van der Waals surface area contributed by atoms with E-state index in [1.165, 1.54) is 0 Å². The molecule has 2 fully saturated rings. The standard InChI is InChI=1S/C25H32FN5O4/c26-14-22(32)31(15-18-10-11-27-23(18)33)30-25(35)20(12-16-6-2-1-3-7-16)29-24(34)21-13-17-8-4-5-9-19(17)28-21/h4-5,8-9,13,16,18,20,28H,1-3,6-7,10-12,14-15H2,(H,27,33)(H,29,34)(H,30,35)/t18-,20+/m1/s1. The lowest BCUT2D eigenvalue weighted by Crippen LogP contribution is -2.56. The fraction of sp³-hybridized carbons (Fsp3) is 0.520. The number of fused-ring (bicyclic) bond motifs is 1. The lowest BCUT2D eigenvalue weighted by Gasteiger charge is -2.30. The van der Waals surface area contributed by atoms with Crippen LogP contribution in [0.4, 0.5) is 4.39 Å².